The first kappa shape index (κ1) is 21.8. The van der Waals surface area contributed by atoms with Crippen LogP contribution in [0, 0.1) is 6.92 Å². The zero-order valence-electron chi connectivity index (χ0n) is 17.2. The highest BCUT2D eigenvalue weighted by atomic mass is 32.2. The summed E-state index contributed by atoms with van der Waals surface area (Å²) < 4.78 is 34.6. The van der Waals surface area contributed by atoms with E-state index in [2.05, 4.69) is 15.5 Å². The Balaban J connectivity index is 1.50. The molecule has 0 radical (unpaired) electrons. The lowest BCUT2D eigenvalue weighted by atomic mass is 10.2. The van der Waals surface area contributed by atoms with Crippen LogP contribution in [0.5, 0.6) is 0 Å². The summed E-state index contributed by atoms with van der Waals surface area (Å²) in [7, 11) is -3.66. The smallest absolute Gasteiger partial charge is 0.243 e. The predicted octanol–water partition coefficient (Wildman–Crippen LogP) is 2.18. The average molecular weight is 462 g/mol. The van der Waals surface area contributed by atoms with Crippen LogP contribution < -0.4 is 5.32 Å². The van der Waals surface area contributed by atoms with Gasteiger partial charge in [0, 0.05) is 25.0 Å². The fraction of sp³-hybridized carbons (Fsp3) is 0.350. The number of thioether (sulfide) groups is 1. The SMILES string of the molecule is Cc1ccc(NC(=O)C(C)Sc2nnc3ccccn23)cc1S(=O)(=O)N1CCOCC1. The van der Waals surface area contributed by atoms with E-state index in [0.717, 1.165) is 0 Å². The molecule has 164 valence electrons. The minimum absolute atomic E-state index is 0.191. The van der Waals surface area contributed by atoms with Crippen LogP contribution in [0.1, 0.15) is 12.5 Å². The Labute approximate surface area is 184 Å². The van der Waals surface area contributed by atoms with Crippen molar-refractivity contribution in [2.45, 2.75) is 29.1 Å². The number of nitrogens with zero attached hydrogens (tertiary/aromatic N) is 4. The summed E-state index contributed by atoms with van der Waals surface area (Å²) >= 11 is 1.28. The van der Waals surface area contributed by atoms with Crippen molar-refractivity contribution in [2.75, 3.05) is 31.6 Å². The van der Waals surface area contributed by atoms with Crippen LogP contribution in [0.25, 0.3) is 5.65 Å². The summed E-state index contributed by atoms with van der Waals surface area (Å²) in [4.78, 5) is 12.9. The number of fused-ring (bicyclic) bond motifs is 1. The van der Waals surface area contributed by atoms with E-state index in [4.69, 9.17) is 4.74 Å². The second-order valence-corrected chi connectivity index (χ2v) is 10.4. The Bertz CT molecular complexity index is 1210. The lowest BCUT2D eigenvalue weighted by Gasteiger charge is -2.27. The molecule has 11 heteroatoms. The number of morpholine rings is 1. The Morgan fingerprint density at radius 2 is 1.97 bits per heavy atom. The van der Waals surface area contributed by atoms with E-state index < -0.39 is 15.3 Å². The number of anilines is 1. The van der Waals surface area contributed by atoms with Gasteiger partial charge < -0.3 is 10.1 Å². The van der Waals surface area contributed by atoms with Crippen LogP contribution in [0.3, 0.4) is 0 Å². The van der Waals surface area contributed by atoms with E-state index in [1.54, 1.807) is 26.0 Å². The molecule has 3 heterocycles. The first-order valence-corrected chi connectivity index (χ1v) is 12.1. The van der Waals surface area contributed by atoms with Crippen LogP contribution in [0.2, 0.25) is 0 Å². The molecular weight excluding hydrogens is 438 g/mol. The summed E-state index contributed by atoms with van der Waals surface area (Å²) in [6, 6.07) is 10.5. The number of hydrogen-bond acceptors (Lipinski definition) is 7. The van der Waals surface area contributed by atoms with Crippen LogP contribution >= 0.6 is 11.8 Å². The Kier molecular flexibility index (Phi) is 6.28. The fourth-order valence-electron chi connectivity index (χ4n) is 3.24. The molecule has 0 aliphatic carbocycles. The number of carbonyl (C=O) groups excluding carboxylic acids is 1. The maximum atomic E-state index is 13.1. The second kappa shape index (κ2) is 8.95. The molecule has 0 saturated carbocycles. The molecule has 0 spiro atoms. The number of amides is 1. The van der Waals surface area contributed by atoms with Crippen LogP contribution in [-0.4, -0.2) is 64.8 Å². The topological polar surface area (TPSA) is 106 Å². The predicted molar refractivity (Wildman–Crippen MR) is 118 cm³/mol. The molecule has 31 heavy (non-hydrogen) atoms. The molecule has 1 amide bonds. The number of nitrogens with one attached hydrogen (secondary N) is 1. The number of carbonyl (C=O) groups is 1. The van der Waals surface area contributed by atoms with Crippen LogP contribution in [0.15, 0.2) is 52.6 Å². The molecule has 1 unspecified atom stereocenters. The van der Waals surface area contributed by atoms with Crippen molar-refractivity contribution in [3.63, 3.8) is 0 Å². The van der Waals surface area contributed by atoms with Gasteiger partial charge in [-0.25, -0.2) is 8.42 Å². The molecular formula is C20H23N5O4S2. The molecule has 1 N–H and O–H groups in total. The van der Waals surface area contributed by atoms with E-state index in [0.29, 0.717) is 48.4 Å². The normalized spacial score (nSPS) is 16.3. The lowest BCUT2D eigenvalue weighted by Crippen LogP contribution is -2.40. The minimum Gasteiger partial charge on any atom is -0.379 e. The van der Waals surface area contributed by atoms with E-state index in [-0.39, 0.29) is 10.8 Å². The van der Waals surface area contributed by atoms with Gasteiger partial charge in [0.2, 0.25) is 15.9 Å². The summed E-state index contributed by atoms with van der Waals surface area (Å²) in [6.07, 6.45) is 1.84. The molecule has 1 aliphatic rings. The van der Waals surface area contributed by atoms with Crippen molar-refractivity contribution in [3.05, 3.63) is 48.2 Å². The van der Waals surface area contributed by atoms with Gasteiger partial charge in [-0.15, -0.1) is 10.2 Å². The van der Waals surface area contributed by atoms with Gasteiger partial charge in [-0.05, 0) is 43.7 Å². The van der Waals surface area contributed by atoms with Gasteiger partial charge in [-0.3, -0.25) is 9.20 Å². The highest BCUT2D eigenvalue weighted by Crippen LogP contribution is 2.26. The zero-order chi connectivity index (χ0) is 22.0. The highest BCUT2D eigenvalue weighted by Gasteiger charge is 2.28. The first-order chi connectivity index (χ1) is 14.9. The van der Waals surface area contributed by atoms with Gasteiger partial charge >= 0.3 is 0 Å². The minimum atomic E-state index is -3.66. The molecule has 4 rings (SSSR count). The van der Waals surface area contributed by atoms with Crippen molar-refractivity contribution in [1.29, 1.82) is 0 Å². The third-order valence-corrected chi connectivity index (χ3v) is 8.07. The average Bonchev–Trinajstić information content (AvgIpc) is 3.18. The molecule has 2 aromatic heterocycles. The summed E-state index contributed by atoms with van der Waals surface area (Å²) in [6.45, 7) is 4.90. The maximum Gasteiger partial charge on any atom is 0.243 e. The van der Waals surface area contributed by atoms with Crippen LogP contribution in [-0.2, 0) is 19.6 Å². The highest BCUT2D eigenvalue weighted by molar-refractivity contribution is 8.00. The van der Waals surface area contributed by atoms with E-state index in [1.807, 2.05) is 28.8 Å². The Morgan fingerprint density at radius 1 is 1.19 bits per heavy atom. The third-order valence-electron chi connectivity index (χ3n) is 4.98. The monoisotopic (exact) mass is 461 g/mol. The zero-order valence-corrected chi connectivity index (χ0v) is 18.8. The fourth-order valence-corrected chi connectivity index (χ4v) is 5.73. The Hall–Kier alpha value is -2.47. The quantitative estimate of drug-likeness (QED) is 0.561. The third kappa shape index (κ3) is 4.59. The number of sulfonamides is 1. The number of aryl methyl sites for hydroxylation is 1. The summed E-state index contributed by atoms with van der Waals surface area (Å²) in [5, 5.41) is 11.2. The summed E-state index contributed by atoms with van der Waals surface area (Å²) in [5.74, 6) is -0.253. The molecule has 1 atom stereocenters. The Morgan fingerprint density at radius 3 is 2.74 bits per heavy atom. The van der Waals surface area contributed by atoms with E-state index in [1.165, 1.54) is 22.1 Å². The van der Waals surface area contributed by atoms with Gasteiger partial charge in [-0.2, -0.15) is 4.31 Å². The molecule has 1 saturated heterocycles. The number of aromatic nitrogens is 3. The van der Waals surface area contributed by atoms with E-state index in [9.17, 15) is 13.2 Å². The first-order valence-electron chi connectivity index (χ1n) is 9.82. The molecule has 0 bridgehead atoms. The van der Waals surface area contributed by atoms with Crippen LogP contribution in [0.4, 0.5) is 5.69 Å². The van der Waals surface area contributed by atoms with Crippen molar-refractivity contribution in [1.82, 2.24) is 18.9 Å². The standard InChI is InChI=1S/C20H23N5O4S2/c1-14-6-7-16(13-17(14)31(27,28)24-9-11-29-12-10-24)21-19(26)15(2)30-20-23-22-18-5-3-4-8-25(18)20/h3-8,13,15H,9-12H2,1-2H3,(H,21,26). The number of rotatable bonds is 6. The van der Waals surface area contributed by atoms with Crippen molar-refractivity contribution in [2.24, 2.45) is 0 Å². The molecule has 3 aromatic rings. The van der Waals surface area contributed by atoms with Crippen molar-refractivity contribution >= 4 is 39.0 Å². The number of benzene rings is 1. The number of hydrogen-bond donors (Lipinski definition) is 1. The summed E-state index contributed by atoms with van der Waals surface area (Å²) in [5.41, 5.74) is 1.76. The van der Waals surface area contributed by atoms with E-state index >= 15 is 0 Å². The van der Waals surface area contributed by atoms with Gasteiger partial charge in [0.15, 0.2) is 10.8 Å². The van der Waals surface area contributed by atoms with Gasteiger partial charge in [0.05, 0.1) is 23.4 Å². The maximum absolute atomic E-state index is 13.1. The van der Waals surface area contributed by atoms with Crippen molar-refractivity contribution in [3.8, 4) is 0 Å². The lowest BCUT2D eigenvalue weighted by molar-refractivity contribution is -0.115. The number of pyridine rings is 1. The van der Waals surface area contributed by atoms with Gasteiger partial charge in [0.25, 0.3) is 0 Å². The molecule has 1 aliphatic heterocycles. The van der Waals surface area contributed by atoms with Gasteiger partial charge in [-0.1, -0.05) is 23.9 Å². The molecule has 1 fully saturated rings. The largest absolute Gasteiger partial charge is 0.379 e. The molecule has 1 aromatic carbocycles. The number of ether oxygens (including phenoxy) is 1. The second-order valence-electron chi connectivity index (χ2n) is 7.16. The van der Waals surface area contributed by atoms with Gasteiger partial charge in [0.1, 0.15) is 0 Å². The van der Waals surface area contributed by atoms with Crippen molar-refractivity contribution < 1.29 is 17.9 Å². The molecule has 9 nitrogen and oxygen atoms in total.